The number of hydrogen-bond acceptors (Lipinski definition) is 7. The van der Waals surface area contributed by atoms with Gasteiger partial charge in [0, 0.05) is 12.6 Å². The molecule has 0 saturated heterocycles. The number of rotatable bonds is 3. The van der Waals surface area contributed by atoms with Crippen molar-refractivity contribution in [2.75, 3.05) is 5.32 Å². The summed E-state index contributed by atoms with van der Waals surface area (Å²) in [5, 5.41) is 11.2. The second-order valence-corrected chi connectivity index (χ2v) is 6.62. The van der Waals surface area contributed by atoms with Crippen LogP contribution in [0.2, 0.25) is 0 Å². The number of amides is 1. The quantitative estimate of drug-likeness (QED) is 0.578. The molecule has 30 heavy (non-hydrogen) atoms. The predicted molar refractivity (Wildman–Crippen MR) is 95.6 cm³/mol. The van der Waals surface area contributed by atoms with Gasteiger partial charge in [0.1, 0.15) is 17.4 Å². The van der Waals surface area contributed by atoms with Crippen molar-refractivity contribution in [2.45, 2.75) is 31.2 Å². The summed E-state index contributed by atoms with van der Waals surface area (Å²) in [5.74, 6) is -1.77. The van der Waals surface area contributed by atoms with Crippen LogP contribution in [0, 0.1) is 17.3 Å². The van der Waals surface area contributed by atoms with Gasteiger partial charge in [-0.3, -0.25) is 4.79 Å². The number of halogens is 4. The standard InChI is InChI=1S/C18H14F4N6O2/c1-17(5-13(18(20,21)22)28-16(24)30-17)11-4-10(8-26-14(11)19)27-15(29)12-3-2-9(6-23)7-25-12/h2-4,7-8,13H,5H2,1H3,(H2,24,28)(H,27,29)/t13-,17-/m0/s1. The summed E-state index contributed by atoms with van der Waals surface area (Å²) >= 11 is 0. The zero-order chi connectivity index (χ0) is 22.1. The number of nitrogens with one attached hydrogen (secondary N) is 1. The highest BCUT2D eigenvalue weighted by Gasteiger charge is 2.49. The highest BCUT2D eigenvalue weighted by molar-refractivity contribution is 6.02. The normalized spacial score (nSPS) is 21.2. The summed E-state index contributed by atoms with van der Waals surface area (Å²) in [5.41, 5.74) is 3.44. The van der Waals surface area contributed by atoms with Gasteiger partial charge in [-0.2, -0.15) is 22.8 Å². The van der Waals surface area contributed by atoms with Gasteiger partial charge >= 0.3 is 6.18 Å². The Morgan fingerprint density at radius 2 is 2.10 bits per heavy atom. The molecule has 0 aromatic carbocycles. The van der Waals surface area contributed by atoms with Crippen molar-refractivity contribution in [1.29, 1.82) is 5.26 Å². The molecule has 156 valence electrons. The summed E-state index contributed by atoms with van der Waals surface area (Å²) in [6, 6.07) is 2.73. The lowest BCUT2D eigenvalue weighted by Gasteiger charge is -2.37. The van der Waals surface area contributed by atoms with Gasteiger partial charge in [0.05, 0.1) is 23.0 Å². The number of carbonyl (C=O) groups is 1. The molecule has 0 unspecified atom stereocenters. The largest absolute Gasteiger partial charge is 0.454 e. The zero-order valence-corrected chi connectivity index (χ0v) is 15.4. The maximum atomic E-state index is 14.4. The average molecular weight is 422 g/mol. The number of aromatic nitrogens is 2. The van der Waals surface area contributed by atoms with E-state index in [4.69, 9.17) is 15.7 Å². The number of aliphatic imine (C=N–C) groups is 1. The lowest BCUT2D eigenvalue weighted by atomic mass is 9.88. The number of nitriles is 1. The average Bonchev–Trinajstić information content (AvgIpc) is 2.68. The Bertz CT molecular complexity index is 1050. The third-order valence-corrected chi connectivity index (χ3v) is 4.37. The number of nitrogens with zero attached hydrogens (tertiary/aromatic N) is 4. The summed E-state index contributed by atoms with van der Waals surface area (Å²) in [6.45, 7) is 1.22. The van der Waals surface area contributed by atoms with Crippen LogP contribution < -0.4 is 11.1 Å². The van der Waals surface area contributed by atoms with Crippen LogP contribution in [0.25, 0.3) is 0 Å². The van der Waals surface area contributed by atoms with Crippen LogP contribution in [0.3, 0.4) is 0 Å². The van der Waals surface area contributed by atoms with Crippen LogP contribution in [-0.2, 0) is 10.3 Å². The lowest BCUT2D eigenvalue weighted by molar-refractivity contribution is -0.164. The summed E-state index contributed by atoms with van der Waals surface area (Å²) in [6.07, 6.45) is -3.25. The first-order chi connectivity index (χ1) is 14.0. The molecular formula is C18H14F4N6O2. The molecule has 3 N–H and O–H groups in total. The topological polar surface area (TPSA) is 126 Å². The molecule has 1 amide bonds. The third-order valence-electron chi connectivity index (χ3n) is 4.37. The summed E-state index contributed by atoms with van der Waals surface area (Å²) < 4.78 is 59.1. The fourth-order valence-corrected chi connectivity index (χ4v) is 2.90. The third kappa shape index (κ3) is 4.29. The first kappa shape index (κ1) is 21.0. The van der Waals surface area contributed by atoms with Crippen LogP contribution in [0.4, 0.5) is 23.2 Å². The van der Waals surface area contributed by atoms with Crippen molar-refractivity contribution in [1.82, 2.24) is 9.97 Å². The Kier molecular flexibility index (Phi) is 5.30. The molecule has 2 atom stereocenters. The lowest BCUT2D eigenvalue weighted by Crippen LogP contribution is -2.46. The highest BCUT2D eigenvalue weighted by atomic mass is 19.4. The van der Waals surface area contributed by atoms with E-state index < -0.39 is 42.1 Å². The van der Waals surface area contributed by atoms with E-state index in [2.05, 4.69) is 20.3 Å². The van der Waals surface area contributed by atoms with E-state index in [1.165, 1.54) is 25.3 Å². The predicted octanol–water partition coefficient (Wildman–Crippen LogP) is 2.62. The van der Waals surface area contributed by atoms with Crippen molar-refractivity contribution >= 4 is 17.6 Å². The van der Waals surface area contributed by atoms with Crippen LogP contribution >= 0.6 is 0 Å². The van der Waals surface area contributed by atoms with E-state index >= 15 is 0 Å². The van der Waals surface area contributed by atoms with Crippen molar-refractivity contribution in [3.05, 3.63) is 53.4 Å². The Balaban J connectivity index is 1.88. The molecule has 0 bridgehead atoms. The molecule has 1 aliphatic rings. The zero-order valence-electron chi connectivity index (χ0n) is 15.4. The monoisotopic (exact) mass is 422 g/mol. The minimum atomic E-state index is -4.70. The molecule has 0 aliphatic carbocycles. The summed E-state index contributed by atoms with van der Waals surface area (Å²) in [4.78, 5) is 22.9. The number of pyridine rings is 2. The van der Waals surface area contributed by atoms with Gasteiger partial charge in [0.2, 0.25) is 5.95 Å². The number of alkyl halides is 3. The molecule has 1 aliphatic heterocycles. The molecule has 0 spiro atoms. The molecule has 0 fully saturated rings. The van der Waals surface area contributed by atoms with Gasteiger partial charge in [-0.1, -0.05) is 0 Å². The molecule has 12 heteroatoms. The second kappa shape index (κ2) is 7.58. The fraction of sp³-hybridized carbons (Fsp3) is 0.278. The number of amidine groups is 1. The molecule has 0 saturated carbocycles. The van der Waals surface area contributed by atoms with Gasteiger partial charge in [0.15, 0.2) is 6.04 Å². The van der Waals surface area contributed by atoms with Crippen molar-refractivity contribution in [2.24, 2.45) is 10.7 Å². The van der Waals surface area contributed by atoms with Crippen molar-refractivity contribution in [3.8, 4) is 6.07 Å². The minimum absolute atomic E-state index is 0.00275. The van der Waals surface area contributed by atoms with E-state index in [0.717, 1.165) is 12.3 Å². The van der Waals surface area contributed by atoms with Crippen LogP contribution in [0.1, 0.15) is 35.0 Å². The molecule has 3 heterocycles. The van der Waals surface area contributed by atoms with Crippen LogP contribution in [0.5, 0.6) is 0 Å². The highest BCUT2D eigenvalue weighted by Crippen LogP contribution is 2.40. The minimum Gasteiger partial charge on any atom is -0.454 e. The van der Waals surface area contributed by atoms with E-state index in [1.54, 1.807) is 0 Å². The van der Waals surface area contributed by atoms with Gasteiger partial charge in [-0.25, -0.2) is 15.0 Å². The van der Waals surface area contributed by atoms with Gasteiger partial charge < -0.3 is 15.8 Å². The van der Waals surface area contributed by atoms with Crippen molar-refractivity contribution in [3.63, 3.8) is 0 Å². The van der Waals surface area contributed by atoms with E-state index in [-0.39, 0.29) is 22.5 Å². The maximum Gasteiger partial charge on any atom is 0.411 e. The molecule has 8 nitrogen and oxygen atoms in total. The molecular weight excluding hydrogens is 408 g/mol. The Morgan fingerprint density at radius 3 is 2.70 bits per heavy atom. The van der Waals surface area contributed by atoms with E-state index in [9.17, 15) is 22.4 Å². The number of nitrogens with two attached hydrogens (primary N) is 1. The van der Waals surface area contributed by atoms with Crippen LogP contribution in [-0.4, -0.2) is 34.1 Å². The first-order valence-electron chi connectivity index (χ1n) is 8.44. The smallest absolute Gasteiger partial charge is 0.411 e. The van der Waals surface area contributed by atoms with Crippen LogP contribution in [0.15, 0.2) is 35.6 Å². The maximum absolute atomic E-state index is 14.4. The number of hydrogen-bond donors (Lipinski definition) is 2. The van der Waals surface area contributed by atoms with Gasteiger partial charge in [-0.05, 0) is 25.1 Å². The number of anilines is 1. The molecule has 2 aromatic rings. The molecule has 0 radical (unpaired) electrons. The van der Waals surface area contributed by atoms with E-state index in [1.807, 2.05) is 6.07 Å². The molecule has 2 aromatic heterocycles. The second-order valence-electron chi connectivity index (χ2n) is 6.62. The van der Waals surface area contributed by atoms with Gasteiger partial charge in [0.25, 0.3) is 11.9 Å². The number of ether oxygens (including phenoxy) is 1. The Labute approximate surface area is 167 Å². The van der Waals surface area contributed by atoms with Crippen molar-refractivity contribution < 1.29 is 27.1 Å². The first-order valence-corrected chi connectivity index (χ1v) is 8.44. The van der Waals surface area contributed by atoms with Gasteiger partial charge in [-0.15, -0.1) is 0 Å². The fourth-order valence-electron chi connectivity index (χ4n) is 2.90. The Hall–Kier alpha value is -3.75. The Morgan fingerprint density at radius 1 is 1.37 bits per heavy atom. The summed E-state index contributed by atoms with van der Waals surface area (Å²) in [7, 11) is 0. The molecule has 3 rings (SSSR count). The van der Waals surface area contributed by atoms with E-state index in [0.29, 0.717) is 0 Å². The number of carbonyl (C=O) groups excluding carboxylic acids is 1. The SMILES string of the molecule is C[C@@]1(c2cc(NC(=O)c3ccc(C#N)cn3)cnc2F)C[C@@H](C(F)(F)F)N=C(N)O1.